The zero-order valence-corrected chi connectivity index (χ0v) is 15.1. The van der Waals surface area contributed by atoms with Gasteiger partial charge in [-0.25, -0.2) is 13.2 Å². The van der Waals surface area contributed by atoms with Crippen LogP contribution in [0, 0.1) is 5.92 Å². The summed E-state index contributed by atoms with van der Waals surface area (Å²) in [7, 11) is -2.63. The Balaban J connectivity index is 2.05. The molecule has 27 heavy (non-hydrogen) atoms. The number of hydrogen-bond donors (Lipinski definition) is 1. The highest BCUT2D eigenvalue weighted by Gasteiger charge is 2.32. The van der Waals surface area contributed by atoms with E-state index in [0.29, 0.717) is 12.8 Å². The molecule has 1 aromatic rings. The van der Waals surface area contributed by atoms with Crippen molar-refractivity contribution in [3.63, 3.8) is 0 Å². The Morgan fingerprint density at radius 1 is 1.22 bits per heavy atom. The molecule has 1 aromatic carbocycles. The molecule has 7 nitrogen and oxygen atoms in total. The molecular weight excluding hydrogens is 391 g/mol. The number of ether oxygens (including phenoxy) is 2. The predicted molar refractivity (Wildman–Crippen MR) is 87.3 cm³/mol. The lowest BCUT2D eigenvalue weighted by Gasteiger charge is -2.30. The van der Waals surface area contributed by atoms with Crippen LogP contribution in [0.5, 0.6) is 5.75 Å². The fraction of sp³-hybridized carbons (Fsp3) is 0.438. The van der Waals surface area contributed by atoms with Gasteiger partial charge in [0.25, 0.3) is 0 Å². The van der Waals surface area contributed by atoms with Crippen LogP contribution in [0.2, 0.25) is 0 Å². The summed E-state index contributed by atoms with van der Waals surface area (Å²) in [5.74, 6) is -2.05. The molecule has 1 aliphatic heterocycles. The van der Waals surface area contributed by atoms with E-state index < -0.39 is 28.1 Å². The van der Waals surface area contributed by atoms with Crippen molar-refractivity contribution in [2.75, 3.05) is 20.2 Å². The third-order valence-corrected chi connectivity index (χ3v) is 5.92. The lowest BCUT2D eigenvalue weighted by atomic mass is 9.97. The van der Waals surface area contributed by atoms with Crippen LogP contribution in [0.15, 0.2) is 41.0 Å². The minimum absolute atomic E-state index is 0.144. The summed E-state index contributed by atoms with van der Waals surface area (Å²) >= 11 is 0. The first kappa shape index (κ1) is 21.0. The maximum absolute atomic E-state index is 12.6. The molecule has 11 heteroatoms. The van der Waals surface area contributed by atoms with Gasteiger partial charge in [0, 0.05) is 13.1 Å². The highest BCUT2D eigenvalue weighted by Crippen LogP contribution is 2.28. The number of carboxylic acid groups (broad SMARTS) is 1. The molecule has 1 fully saturated rings. The average molecular weight is 409 g/mol. The molecule has 0 atom stereocenters. The van der Waals surface area contributed by atoms with Crippen molar-refractivity contribution in [1.82, 2.24) is 4.31 Å². The Morgan fingerprint density at radius 2 is 1.78 bits per heavy atom. The van der Waals surface area contributed by atoms with Gasteiger partial charge >= 0.3 is 12.3 Å². The van der Waals surface area contributed by atoms with E-state index in [1.165, 1.54) is 17.5 Å². The highest BCUT2D eigenvalue weighted by atomic mass is 32.2. The number of aliphatic carboxylic acids is 1. The molecule has 1 N–H and O–H groups in total. The average Bonchev–Trinajstić information content (AvgIpc) is 2.59. The zero-order chi connectivity index (χ0) is 20.2. The van der Waals surface area contributed by atoms with Crippen molar-refractivity contribution in [3.8, 4) is 5.75 Å². The van der Waals surface area contributed by atoms with Gasteiger partial charge in [0.1, 0.15) is 5.75 Å². The number of hydrogen-bond acceptors (Lipinski definition) is 5. The van der Waals surface area contributed by atoms with Crippen molar-refractivity contribution < 1.29 is 41.0 Å². The van der Waals surface area contributed by atoms with Crippen LogP contribution in [-0.4, -0.2) is 50.4 Å². The minimum Gasteiger partial charge on any atom is -0.490 e. The number of alkyl halides is 3. The molecule has 1 saturated heterocycles. The van der Waals surface area contributed by atoms with Crippen LogP contribution in [0.1, 0.15) is 12.8 Å². The molecule has 1 aliphatic rings. The van der Waals surface area contributed by atoms with Gasteiger partial charge in [0.2, 0.25) is 10.0 Å². The summed E-state index contributed by atoms with van der Waals surface area (Å²) in [6, 6.07) is 3.98. The topological polar surface area (TPSA) is 93.1 Å². The minimum atomic E-state index is -4.85. The van der Waals surface area contributed by atoms with E-state index in [1.807, 2.05) is 0 Å². The summed E-state index contributed by atoms with van der Waals surface area (Å²) in [6.45, 7) is 0.307. The van der Waals surface area contributed by atoms with Gasteiger partial charge < -0.3 is 14.6 Å². The molecular formula is C16H18F3NO6S. The second kappa shape index (κ2) is 8.17. The summed E-state index contributed by atoms with van der Waals surface area (Å²) in [4.78, 5) is 10.8. The summed E-state index contributed by atoms with van der Waals surface area (Å²) in [5, 5.41) is 8.95. The van der Waals surface area contributed by atoms with Crippen LogP contribution >= 0.6 is 0 Å². The maximum atomic E-state index is 12.6. The smallest absolute Gasteiger partial charge is 0.490 e. The third-order valence-electron chi connectivity index (χ3n) is 4.01. The van der Waals surface area contributed by atoms with Gasteiger partial charge in [0.05, 0.1) is 12.0 Å². The Hall–Kier alpha value is -2.27. The highest BCUT2D eigenvalue weighted by molar-refractivity contribution is 7.89. The van der Waals surface area contributed by atoms with Crippen LogP contribution in [0.3, 0.4) is 0 Å². The molecule has 150 valence electrons. The van der Waals surface area contributed by atoms with Crippen LogP contribution in [-0.2, 0) is 19.6 Å². The van der Waals surface area contributed by atoms with Gasteiger partial charge in [0.15, 0.2) is 5.76 Å². The Bertz CT molecular complexity index is 796. The second-order valence-electron chi connectivity index (χ2n) is 5.80. The number of nitrogens with zero attached hydrogens (tertiary/aromatic N) is 1. The number of benzene rings is 1. The standard InChI is InChI=1S/C16H18F3NO6S/c1-25-14(15(21)22)10-11-6-8-20(9-7-11)27(23,24)13-4-2-12(3-5-13)26-16(17,18)19/h2-5,10-11H,6-9H2,1H3,(H,21,22)/b14-10+. The van der Waals surface area contributed by atoms with Gasteiger partial charge in [-0.3, -0.25) is 0 Å². The molecule has 0 amide bonds. The first-order valence-corrected chi connectivity index (χ1v) is 9.32. The first-order chi connectivity index (χ1) is 12.5. The zero-order valence-electron chi connectivity index (χ0n) is 14.3. The Labute approximate surface area is 154 Å². The Kier molecular flexibility index (Phi) is 6.37. The number of carbonyl (C=O) groups is 1. The lowest BCUT2D eigenvalue weighted by molar-refractivity contribution is -0.274. The molecule has 0 spiro atoms. The van der Waals surface area contributed by atoms with E-state index in [4.69, 9.17) is 9.84 Å². The SMILES string of the molecule is CO/C(=C/C1CCN(S(=O)(=O)c2ccc(OC(F)(F)F)cc2)CC1)C(=O)O. The first-order valence-electron chi connectivity index (χ1n) is 7.88. The monoisotopic (exact) mass is 409 g/mol. The largest absolute Gasteiger partial charge is 0.573 e. The van der Waals surface area contributed by atoms with Crippen molar-refractivity contribution in [2.45, 2.75) is 24.1 Å². The van der Waals surface area contributed by atoms with Gasteiger partial charge in [-0.15, -0.1) is 13.2 Å². The number of rotatable bonds is 6. The van der Waals surface area contributed by atoms with Gasteiger partial charge in [-0.1, -0.05) is 0 Å². The van der Waals surface area contributed by atoms with E-state index in [0.717, 1.165) is 24.3 Å². The van der Waals surface area contributed by atoms with Crippen LogP contribution in [0.4, 0.5) is 13.2 Å². The number of carboxylic acids is 1. The van der Waals surface area contributed by atoms with E-state index in [2.05, 4.69) is 4.74 Å². The molecule has 0 aromatic heterocycles. The molecule has 1 heterocycles. The van der Waals surface area contributed by atoms with Crippen molar-refractivity contribution >= 4 is 16.0 Å². The summed E-state index contributed by atoms with van der Waals surface area (Å²) in [6.07, 6.45) is -2.61. The van der Waals surface area contributed by atoms with Gasteiger partial charge in [-0.2, -0.15) is 4.31 Å². The number of halogens is 3. The third kappa shape index (κ3) is 5.60. The second-order valence-corrected chi connectivity index (χ2v) is 7.74. The van der Waals surface area contributed by atoms with Gasteiger partial charge in [-0.05, 0) is 49.1 Å². The normalized spacial score (nSPS) is 17.6. The van der Waals surface area contributed by atoms with E-state index in [9.17, 15) is 26.4 Å². The van der Waals surface area contributed by atoms with E-state index in [1.54, 1.807) is 0 Å². The number of allylic oxidation sites excluding steroid dienone is 1. The molecule has 2 rings (SSSR count). The predicted octanol–water partition coefficient (Wildman–Crippen LogP) is 2.60. The number of sulfonamides is 1. The number of piperidine rings is 1. The summed E-state index contributed by atoms with van der Waals surface area (Å²) < 4.78 is 71.4. The molecule has 0 radical (unpaired) electrons. The number of methoxy groups -OCH3 is 1. The summed E-state index contributed by atoms with van der Waals surface area (Å²) in [5.41, 5.74) is 0. The van der Waals surface area contributed by atoms with Crippen LogP contribution in [0.25, 0.3) is 0 Å². The van der Waals surface area contributed by atoms with E-state index >= 15 is 0 Å². The fourth-order valence-electron chi connectivity index (χ4n) is 2.69. The molecule has 0 aliphatic carbocycles. The van der Waals surface area contributed by atoms with Crippen molar-refractivity contribution in [3.05, 3.63) is 36.1 Å². The van der Waals surface area contributed by atoms with E-state index in [-0.39, 0.29) is 29.7 Å². The van der Waals surface area contributed by atoms with Crippen molar-refractivity contribution in [1.29, 1.82) is 0 Å². The van der Waals surface area contributed by atoms with Crippen molar-refractivity contribution in [2.24, 2.45) is 5.92 Å². The molecule has 0 unspecified atom stereocenters. The maximum Gasteiger partial charge on any atom is 0.573 e. The lowest BCUT2D eigenvalue weighted by Crippen LogP contribution is -2.38. The Morgan fingerprint density at radius 3 is 2.22 bits per heavy atom. The quantitative estimate of drug-likeness (QED) is 0.574. The fourth-order valence-corrected chi connectivity index (χ4v) is 4.16. The molecule has 0 saturated carbocycles. The molecule has 0 bridgehead atoms. The van der Waals surface area contributed by atoms with Crippen LogP contribution < -0.4 is 4.74 Å².